The molecule has 1 heterocycles. The summed E-state index contributed by atoms with van der Waals surface area (Å²) in [4.78, 5) is 4.35. The van der Waals surface area contributed by atoms with Crippen molar-refractivity contribution in [3.63, 3.8) is 0 Å². The number of aromatic nitrogens is 1. The van der Waals surface area contributed by atoms with E-state index in [2.05, 4.69) is 29.4 Å². The topological polar surface area (TPSA) is 48.7 Å². The van der Waals surface area contributed by atoms with E-state index < -0.39 is 0 Å². The van der Waals surface area contributed by atoms with Gasteiger partial charge in [-0.1, -0.05) is 12.1 Å². The summed E-state index contributed by atoms with van der Waals surface area (Å²) in [6, 6.07) is 12.0. The van der Waals surface area contributed by atoms with Crippen molar-refractivity contribution in [2.45, 2.75) is 26.9 Å². The van der Waals surface area contributed by atoms with Crippen LogP contribution in [0.5, 0.6) is 0 Å². The molecule has 1 aromatic heterocycles. The van der Waals surface area contributed by atoms with Gasteiger partial charge < -0.3 is 5.32 Å². The molecule has 0 aliphatic carbocycles. The molecule has 1 aromatic carbocycles. The van der Waals surface area contributed by atoms with E-state index in [4.69, 9.17) is 5.26 Å². The van der Waals surface area contributed by atoms with Gasteiger partial charge in [-0.05, 0) is 48.7 Å². The molecule has 1 N–H and O–H groups in total. The molecule has 19 heavy (non-hydrogen) atoms. The smallest absolute Gasteiger partial charge is 0.0991 e. The number of aryl methyl sites for hydroxylation is 2. The zero-order valence-electron chi connectivity index (χ0n) is 11.3. The Balaban J connectivity index is 1.97. The Morgan fingerprint density at radius 2 is 2.00 bits per heavy atom. The fourth-order valence-electron chi connectivity index (χ4n) is 1.98. The van der Waals surface area contributed by atoms with Crippen LogP contribution in [0.3, 0.4) is 0 Å². The predicted octanol–water partition coefficient (Wildman–Crippen LogP) is 2.86. The lowest BCUT2D eigenvalue weighted by molar-refractivity contribution is 0.674. The second-order valence-electron chi connectivity index (χ2n) is 4.62. The van der Waals surface area contributed by atoms with Crippen LogP contribution >= 0.6 is 0 Å². The fraction of sp³-hybridized carbons (Fsp3) is 0.250. The number of nitrogens with zero attached hydrogens (tertiary/aromatic N) is 2. The van der Waals surface area contributed by atoms with Gasteiger partial charge in [-0.3, -0.25) is 4.98 Å². The molecule has 0 aliphatic rings. The maximum atomic E-state index is 8.83. The Hall–Kier alpha value is -2.18. The van der Waals surface area contributed by atoms with Gasteiger partial charge in [0, 0.05) is 19.3 Å². The third-order valence-electron chi connectivity index (χ3n) is 3.20. The van der Waals surface area contributed by atoms with Crippen molar-refractivity contribution in [1.29, 1.82) is 5.26 Å². The summed E-state index contributed by atoms with van der Waals surface area (Å²) in [5, 5.41) is 12.2. The van der Waals surface area contributed by atoms with Crippen LogP contribution in [0.15, 0.2) is 36.5 Å². The van der Waals surface area contributed by atoms with Crippen LogP contribution in [-0.4, -0.2) is 4.98 Å². The number of hydrogen-bond acceptors (Lipinski definition) is 3. The second kappa shape index (κ2) is 6.12. The highest BCUT2D eigenvalue weighted by Crippen LogP contribution is 2.11. The van der Waals surface area contributed by atoms with Crippen LogP contribution in [-0.2, 0) is 13.1 Å². The fourth-order valence-corrected chi connectivity index (χ4v) is 1.98. The molecule has 0 aliphatic heterocycles. The highest BCUT2D eigenvalue weighted by molar-refractivity contribution is 5.37. The van der Waals surface area contributed by atoms with Crippen molar-refractivity contribution < 1.29 is 0 Å². The van der Waals surface area contributed by atoms with Crippen molar-refractivity contribution in [3.05, 3.63) is 64.5 Å². The number of nitriles is 1. The highest BCUT2D eigenvalue weighted by atomic mass is 14.9. The molecular formula is C16H17N3. The van der Waals surface area contributed by atoms with Gasteiger partial charge in [0.25, 0.3) is 0 Å². The van der Waals surface area contributed by atoms with Crippen molar-refractivity contribution in [1.82, 2.24) is 10.3 Å². The van der Waals surface area contributed by atoms with Crippen molar-refractivity contribution in [3.8, 4) is 6.07 Å². The third kappa shape index (κ3) is 3.40. The van der Waals surface area contributed by atoms with Gasteiger partial charge in [0.15, 0.2) is 0 Å². The zero-order chi connectivity index (χ0) is 13.7. The number of hydrogen-bond donors (Lipinski definition) is 1. The lowest BCUT2D eigenvalue weighted by Crippen LogP contribution is -2.15. The summed E-state index contributed by atoms with van der Waals surface area (Å²) in [6.45, 7) is 5.64. The quantitative estimate of drug-likeness (QED) is 0.909. The molecule has 2 rings (SSSR count). The molecule has 3 nitrogen and oxygen atoms in total. The first-order valence-corrected chi connectivity index (χ1v) is 6.31. The van der Waals surface area contributed by atoms with Gasteiger partial charge in [-0.2, -0.15) is 5.26 Å². The molecule has 0 atom stereocenters. The van der Waals surface area contributed by atoms with Gasteiger partial charge in [-0.15, -0.1) is 0 Å². The molecule has 96 valence electrons. The average molecular weight is 251 g/mol. The summed E-state index contributed by atoms with van der Waals surface area (Å²) in [6.07, 6.45) is 1.82. The Kier molecular flexibility index (Phi) is 4.27. The van der Waals surface area contributed by atoms with Gasteiger partial charge in [-0.25, -0.2) is 0 Å². The van der Waals surface area contributed by atoms with Crippen LogP contribution in [0.2, 0.25) is 0 Å². The minimum absolute atomic E-state index is 0.710. The minimum atomic E-state index is 0.710. The zero-order valence-corrected chi connectivity index (χ0v) is 11.3. The summed E-state index contributed by atoms with van der Waals surface area (Å²) >= 11 is 0. The van der Waals surface area contributed by atoms with Gasteiger partial charge in [0.2, 0.25) is 0 Å². The summed E-state index contributed by atoms with van der Waals surface area (Å²) in [5.41, 5.74) is 5.35. The first kappa shape index (κ1) is 13.3. The number of benzene rings is 1. The molecule has 3 heteroatoms. The van der Waals surface area contributed by atoms with E-state index in [9.17, 15) is 0 Å². The number of nitrogens with one attached hydrogen (secondary N) is 1. The number of pyridine rings is 1. The lowest BCUT2D eigenvalue weighted by atomic mass is 10.1. The van der Waals surface area contributed by atoms with Gasteiger partial charge in [0.05, 0.1) is 17.3 Å². The number of rotatable bonds is 4. The molecule has 0 amide bonds. The Morgan fingerprint density at radius 1 is 1.16 bits per heavy atom. The average Bonchev–Trinajstić information content (AvgIpc) is 2.42. The molecule has 0 saturated carbocycles. The largest absolute Gasteiger partial charge is 0.307 e. The molecule has 0 unspecified atom stereocenters. The molecule has 0 radical (unpaired) electrons. The van der Waals surface area contributed by atoms with E-state index in [-0.39, 0.29) is 0 Å². The summed E-state index contributed by atoms with van der Waals surface area (Å²) < 4.78 is 0. The molecular weight excluding hydrogens is 234 g/mol. The van der Waals surface area contributed by atoms with Gasteiger partial charge in [0.1, 0.15) is 0 Å². The van der Waals surface area contributed by atoms with Crippen LogP contribution in [0, 0.1) is 25.2 Å². The molecule has 0 saturated heterocycles. The van der Waals surface area contributed by atoms with E-state index in [0.717, 1.165) is 24.3 Å². The van der Waals surface area contributed by atoms with E-state index in [1.54, 1.807) is 0 Å². The highest BCUT2D eigenvalue weighted by Gasteiger charge is 2.01. The Morgan fingerprint density at radius 3 is 2.68 bits per heavy atom. The van der Waals surface area contributed by atoms with Crippen molar-refractivity contribution in [2.75, 3.05) is 0 Å². The third-order valence-corrected chi connectivity index (χ3v) is 3.20. The Labute approximate surface area is 113 Å². The van der Waals surface area contributed by atoms with E-state index in [1.165, 1.54) is 11.1 Å². The van der Waals surface area contributed by atoms with Crippen LogP contribution < -0.4 is 5.32 Å². The first-order chi connectivity index (χ1) is 9.20. The molecule has 0 spiro atoms. The van der Waals surface area contributed by atoms with Crippen LogP contribution in [0.1, 0.15) is 27.9 Å². The standard InChI is InChI=1S/C16H17N3/c1-12-4-3-7-19-16(12)11-18-10-15-6-5-14(9-17)8-13(15)2/h3-8,18H,10-11H2,1-2H3. The SMILES string of the molecule is Cc1cc(C#N)ccc1CNCc1ncccc1C. The van der Waals surface area contributed by atoms with Crippen LogP contribution in [0.25, 0.3) is 0 Å². The van der Waals surface area contributed by atoms with Crippen molar-refractivity contribution >= 4 is 0 Å². The summed E-state index contributed by atoms with van der Waals surface area (Å²) in [5.74, 6) is 0. The van der Waals surface area contributed by atoms with E-state index >= 15 is 0 Å². The predicted molar refractivity (Wildman–Crippen MR) is 75.4 cm³/mol. The summed E-state index contributed by atoms with van der Waals surface area (Å²) in [7, 11) is 0. The molecule has 2 aromatic rings. The van der Waals surface area contributed by atoms with E-state index in [1.807, 2.05) is 37.4 Å². The Bertz CT molecular complexity index is 612. The first-order valence-electron chi connectivity index (χ1n) is 6.31. The van der Waals surface area contributed by atoms with Crippen molar-refractivity contribution in [2.24, 2.45) is 0 Å². The monoisotopic (exact) mass is 251 g/mol. The maximum Gasteiger partial charge on any atom is 0.0991 e. The molecule has 0 fully saturated rings. The molecule has 0 bridgehead atoms. The van der Waals surface area contributed by atoms with Crippen LogP contribution in [0.4, 0.5) is 0 Å². The van der Waals surface area contributed by atoms with Gasteiger partial charge >= 0.3 is 0 Å². The minimum Gasteiger partial charge on any atom is -0.307 e. The second-order valence-corrected chi connectivity index (χ2v) is 4.62. The lowest BCUT2D eigenvalue weighted by Gasteiger charge is -2.09. The maximum absolute atomic E-state index is 8.83. The normalized spacial score (nSPS) is 10.2. The van der Waals surface area contributed by atoms with E-state index in [0.29, 0.717) is 5.56 Å².